The third kappa shape index (κ3) is 4.40. The number of carbonyl (C=O) groups excluding carboxylic acids is 1. The Morgan fingerprint density at radius 3 is 2.69 bits per heavy atom. The molecule has 0 amide bonds. The Hall–Kier alpha value is -1.55. The Morgan fingerprint density at radius 2 is 2.00 bits per heavy atom. The monoisotopic (exact) mass is 399 g/mol. The number of ether oxygens (including phenoxy) is 3. The second kappa shape index (κ2) is 7.22. The lowest BCUT2D eigenvalue weighted by Gasteiger charge is -2.40. The molecule has 1 fully saturated rings. The molecule has 142 valence electrons. The van der Waals surface area contributed by atoms with Crippen molar-refractivity contribution in [3.63, 3.8) is 0 Å². The van der Waals surface area contributed by atoms with E-state index in [-0.39, 0.29) is 16.5 Å². The molecule has 0 unspecified atom stereocenters. The van der Waals surface area contributed by atoms with Crippen molar-refractivity contribution >= 4 is 37.4 Å². The van der Waals surface area contributed by atoms with Gasteiger partial charge in [-0.25, -0.2) is 13.4 Å². The Morgan fingerprint density at radius 1 is 1.31 bits per heavy atom. The molecule has 7 nitrogen and oxygen atoms in total. The lowest BCUT2D eigenvalue weighted by Crippen LogP contribution is -2.47. The van der Waals surface area contributed by atoms with Crippen LogP contribution in [0.2, 0.25) is 0 Å². The van der Waals surface area contributed by atoms with E-state index in [2.05, 4.69) is 9.72 Å². The van der Waals surface area contributed by atoms with Crippen molar-refractivity contribution in [1.29, 1.82) is 0 Å². The molecular weight excluding hydrogens is 378 g/mol. The molecule has 0 bridgehead atoms. The van der Waals surface area contributed by atoms with Crippen LogP contribution in [0.4, 0.5) is 0 Å². The molecule has 1 aliphatic heterocycles. The van der Waals surface area contributed by atoms with Crippen molar-refractivity contribution in [1.82, 2.24) is 4.98 Å². The molecule has 1 aromatic heterocycles. The third-order valence-corrected chi connectivity index (χ3v) is 7.27. The van der Waals surface area contributed by atoms with E-state index < -0.39 is 33.8 Å². The first-order valence-electron chi connectivity index (χ1n) is 8.19. The number of esters is 1. The van der Waals surface area contributed by atoms with Crippen LogP contribution in [0, 0.1) is 0 Å². The summed E-state index contributed by atoms with van der Waals surface area (Å²) in [5.41, 5.74) is 0.660. The van der Waals surface area contributed by atoms with Crippen molar-refractivity contribution in [2.75, 3.05) is 12.9 Å². The topological polar surface area (TPSA) is 91.8 Å². The fourth-order valence-electron chi connectivity index (χ4n) is 3.02. The van der Waals surface area contributed by atoms with Gasteiger partial charge in [0.25, 0.3) is 0 Å². The van der Waals surface area contributed by atoms with Crippen LogP contribution in [-0.2, 0) is 28.8 Å². The highest BCUT2D eigenvalue weighted by Gasteiger charge is 2.39. The second-order valence-electron chi connectivity index (χ2n) is 6.62. The zero-order chi connectivity index (χ0) is 18.9. The maximum atomic E-state index is 12.8. The van der Waals surface area contributed by atoms with Crippen LogP contribution in [0.1, 0.15) is 26.7 Å². The molecule has 3 rings (SSSR count). The summed E-state index contributed by atoms with van der Waals surface area (Å²) in [5, 5.41) is 0. The smallest absolute Gasteiger partial charge is 0.308 e. The molecule has 0 aliphatic carbocycles. The number of methoxy groups -OCH3 is 1. The van der Waals surface area contributed by atoms with Gasteiger partial charge in [0.15, 0.2) is 5.79 Å². The van der Waals surface area contributed by atoms with Gasteiger partial charge in [0, 0.05) is 6.42 Å². The number of benzene rings is 1. The van der Waals surface area contributed by atoms with Gasteiger partial charge in [-0.2, -0.15) is 0 Å². The van der Waals surface area contributed by atoms with E-state index in [0.717, 1.165) is 16.0 Å². The van der Waals surface area contributed by atoms with E-state index in [4.69, 9.17) is 9.47 Å². The zero-order valence-corrected chi connectivity index (χ0v) is 16.4. The number of carbonyl (C=O) groups is 1. The number of para-hydroxylation sites is 1. The van der Waals surface area contributed by atoms with Gasteiger partial charge in [0.05, 0.1) is 41.7 Å². The van der Waals surface area contributed by atoms with Crippen molar-refractivity contribution in [2.24, 2.45) is 0 Å². The van der Waals surface area contributed by atoms with Crippen molar-refractivity contribution in [3.05, 3.63) is 24.3 Å². The van der Waals surface area contributed by atoms with Crippen LogP contribution in [-0.4, -0.2) is 50.2 Å². The molecule has 0 saturated carbocycles. The molecule has 1 aliphatic rings. The number of hydrogen-bond donors (Lipinski definition) is 0. The minimum atomic E-state index is -3.62. The summed E-state index contributed by atoms with van der Waals surface area (Å²) in [4.78, 5) is 15.8. The first kappa shape index (κ1) is 19.2. The van der Waals surface area contributed by atoms with Gasteiger partial charge in [0.2, 0.25) is 14.2 Å². The number of aromatic nitrogens is 1. The maximum absolute atomic E-state index is 12.8. The first-order chi connectivity index (χ1) is 12.2. The number of nitrogens with zero attached hydrogens (tertiary/aromatic N) is 1. The van der Waals surface area contributed by atoms with E-state index in [9.17, 15) is 13.2 Å². The maximum Gasteiger partial charge on any atom is 0.308 e. The summed E-state index contributed by atoms with van der Waals surface area (Å²) in [7, 11) is -2.31. The van der Waals surface area contributed by atoms with E-state index in [0.29, 0.717) is 11.9 Å². The van der Waals surface area contributed by atoms with Crippen LogP contribution in [0.25, 0.3) is 10.2 Å². The number of rotatable bonds is 5. The first-order valence-corrected chi connectivity index (χ1v) is 10.7. The quantitative estimate of drug-likeness (QED) is 0.714. The van der Waals surface area contributed by atoms with Gasteiger partial charge in [0.1, 0.15) is 0 Å². The van der Waals surface area contributed by atoms with Gasteiger partial charge >= 0.3 is 5.97 Å². The van der Waals surface area contributed by atoms with Gasteiger partial charge in [-0.3, -0.25) is 4.79 Å². The predicted molar refractivity (Wildman–Crippen MR) is 96.7 cm³/mol. The van der Waals surface area contributed by atoms with E-state index in [1.165, 1.54) is 7.11 Å². The molecule has 1 saturated heterocycles. The van der Waals surface area contributed by atoms with Crippen LogP contribution in [0.3, 0.4) is 0 Å². The van der Waals surface area contributed by atoms with Crippen LogP contribution in [0.5, 0.6) is 0 Å². The van der Waals surface area contributed by atoms with Crippen LogP contribution >= 0.6 is 11.3 Å². The Balaban J connectivity index is 1.78. The molecule has 2 aromatic rings. The minimum absolute atomic E-state index is 0.0565. The SMILES string of the molecule is COC(=O)C[C@H]1C[C@@H](CS(=O)(=O)c2nc3ccccc3s2)OC(C)(C)O1. The predicted octanol–water partition coefficient (Wildman–Crippen LogP) is 2.54. The highest BCUT2D eigenvalue weighted by molar-refractivity contribution is 7.93. The zero-order valence-electron chi connectivity index (χ0n) is 14.8. The summed E-state index contributed by atoms with van der Waals surface area (Å²) in [6.45, 7) is 3.40. The summed E-state index contributed by atoms with van der Waals surface area (Å²) in [6.07, 6.45) is -0.698. The number of sulfone groups is 1. The lowest BCUT2D eigenvalue weighted by molar-refractivity contribution is -0.295. The van der Waals surface area contributed by atoms with E-state index in [1.807, 2.05) is 18.2 Å². The second-order valence-corrected chi connectivity index (χ2v) is 9.86. The molecule has 0 N–H and O–H groups in total. The Kier molecular flexibility index (Phi) is 5.34. The summed E-state index contributed by atoms with van der Waals surface area (Å²) in [5.74, 6) is -1.59. The minimum Gasteiger partial charge on any atom is -0.469 e. The largest absolute Gasteiger partial charge is 0.469 e. The highest BCUT2D eigenvalue weighted by Crippen LogP contribution is 2.32. The van der Waals surface area contributed by atoms with Crippen molar-refractivity contribution in [3.8, 4) is 0 Å². The van der Waals surface area contributed by atoms with Crippen LogP contribution in [0.15, 0.2) is 28.6 Å². The fraction of sp³-hybridized carbons (Fsp3) is 0.529. The number of thiazole rings is 1. The molecule has 26 heavy (non-hydrogen) atoms. The summed E-state index contributed by atoms with van der Waals surface area (Å²) < 4.78 is 42.7. The number of hydrogen-bond acceptors (Lipinski definition) is 8. The molecule has 0 radical (unpaired) electrons. The van der Waals surface area contributed by atoms with Crippen molar-refractivity contribution < 1.29 is 27.4 Å². The third-order valence-electron chi connectivity index (χ3n) is 3.99. The standard InChI is InChI=1S/C17H21NO6S2/c1-17(2)23-11(9-15(19)22-3)8-12(24-17)10-26(20,21)16-18-13-6-4-5-7-14(13)25-16/h4-7,11-12H,8-10H2,1-3H3/t11-,12+/m1/s1. The molecule has 1 aromatic carbocycles. The molecular formula is C17H21NO6S2. The van der Waals surface area contributed by atoms with Crippen molar-refractivity contribution in [2.45, 2.75) is 49.0 Å². The van der Waals surface area contributed by atoms with Gasteiger partial charge in [-0.05, 0) is 26.0 Å². The van der Waals surface area contributed by atoms with Crippen LogP contribution < -0.4 is 0 Å². The Labute approximate surface area is 156 Å². The fourth-order valence-corrected chi connectivity index (χ4v) is 5.77. The number of fused-ring (bicyclic) bond motifs is 1. The van der Waals surface area contributed by atoms with Gasteiger partial charge < -0.3 is 14.2 Å². The lowest BCUT2D eigenvalue weighted by atomic mass is 10.1. The summed E-state index contributed by atoms with van der Waals surface area (Å²) in [6, 6.07) is 7.29. The Bertz CT molecular complexity index is 872. The average molecular weight is 399 g/mol. The molecule has 2 heterocycles. The van der Waals surface area contributed by atoms with E-state index in [1.54, 1.807) is 19.9 Å². The van der Waals surface area contributed by atoms with Gasteiger partial charge in [-0.15, -0.1) is 11.3 Å². The highest BCUT2D eigenvalue weighted by atomic mass is 32.2. The molecule has 9 heteroatoms. The average Bonchev–Trinajstić information content (AvgIpc) is 2.97. The molecule has 2 atom stereocenters. The van der Waals surface area contributed by atoms with E-state index >= 15 is 0 Å². The summed E-state index contributed by atoms with van der Waals surface area (Å²) >= 11 is 1.15. The molecule has 0 spiro atoms. The van der Waals surface area contributed by atoms with Gasteiger partial charge in [-0.1, -0.05) is 12.1 Å². The normalized spacial score (nSPS) is 23.0.